The quantitative estimate of drug-likeness (QED) is 0.786. The van der Waals surface area contributed by atoms with Crippen molar-refractivity contribution in [2.75, 3.05) is 20.1 Å². The van der Waals surface area contributed by atoms with Crippen molar-refractivity contribution in [2.24, 2.45) is 5.73 Å². The number of hydrogen-bond acceptors (Lipinski definition) is 2. The van der Waals surface area contributed by atoms with Gasteiger partial charge in [0.15, 0.2) is 0 Å². The van der Waals surface area contributed by atoms with Crippen LogP contribution in [0.25, 0.3) is 0 Å². The Balaban J connectivity index is 2.59. The molecule has 2 nitrogen and oxygen atoms in total. The summed E-state index contributed by atoms with van der Waals surface area (Å²) in [6.45, 7) is 4.77. The van der Waals surface area contributed by atoms with Gasteiger partial charge in [0.2, 0.25) is 0 Å². The molecule has 0 radical (unpaired) electrons. The van der Waals surface area contributed by atoms with Crippen LogP contribution in [0.5, 0.6) is 0 Å². The molecule has 0 heterocycles. The number of benzene rings is 1. The molecule has 17 heavy (non-hydrogen) atoms. The van der Waals surface area contributed by atoms with Crippen LogP contribution in [0.1, 0.15) is 30.9 Å². The Hall–Kier alpha value is -1.30. The van der Waals surface area contributed by atoms with Crippen LogP contribution >= 0.6 is 0 Å². The van der Waals surface area contributed by atoms with Crippen molar-refractivity contribution < 1.29 is 0 Å². The van der Waals surface area contributed by atoms with E-state index >= 15 is 0 Å². The number of rotatable bonds is 5. The van der Waals surface area contributed by atoms with Crippen molar-refractivity contribution in [1.29, 1.82) is 0 Å². The summed E-state index contributed by atoms with van der Waals surface area (Å²) in [5.74, 6) is 5.95. The molecule has 92 valence electrons. The molecule has 0 aliphatic heterocycles. The van der Waals surface area contributed by atoms with Crippen LogP contribution < -0.4 is 5.73 Å². The predicted molar refractivity (Wildman–Crippen MR) is 73.6 cm³/mol. The highest BCUT2D eigenvalue weighted by Crippen LogP contribution is 2.07. The van der Waals surface area contributed by atoms with Crippen LogP contribution in [0.15, 0.2) is 24.3 Å². The molecule has 2 N–H and O–H groups in total. The van der Waals surface area contributed by atoms with E-state index in [0.717, 1.165) is 18.7 Å². The molecule has 0 amide bonds. The van der Waals surface area contributed by atoms with Crippen molar-refractivity contribution >= 4 is 0 Å². The zero-order valence-electron chi connectivity index (χ0n) is 10.9. The first-order valence-electron chi connectivity index (χ1n) is 6.22. The van der Waals surface area contributed by atoms with E-state index in [1.54, 1.807) is 0 Å². The summed E-state index contributed by atoms with van der Waals surface area (Å²) in [5.41, 5.74) is 7.73. The molecule has 0 fully saturated rings. The van der Waals surface area contributed by atoms with Gasteiger partial charge in [-0.3, -0.25) is 0 Å². The van der Waals surface area contributed by atoms with Gasteiger partial charge in [-0.2, -0.15) is 0 Å². The van der Waals surface area contributed by atoms with E-state index in [9.17, 15) is 0 Å². The third-order valence-corrected chi connectivity index (χ3v) is 2.61. The third kappa shape index (κ3) is 5.53. The summed E-state index contributed by atoms with van der Waals surface area (Å²) in [4.78, 5) is 2.35. The van der Waals surface area contributed by atoms with Crippen molar-refractivity contribution in [3.63, 3.8) is 0 Å². The van der Waals surface area contributed by atoms with Gasteiger partial charge in [-0.15, -0.1) is 0 Å². The zero-order chi connectivity index (χ0) is 12.5. The fraction of sp³-hybridized carbons (Fsp3) is 0.467. The molecule has 0 spiro atoms. The molecule has 0 saturated carbocycles. The molecule has 0 aromatic heterocycles. The van der Waals surface area contributed by atoms with E-state index < -0.39 is 0 Å². The number of unbranched alkanes of at least 4 members (excludes halogenated alkanes) is 1. The third-order valence-electron chi connectivity index (χ3n) is 2.61. The lowest BCUT2D eigenvalue weighted by molar-refractivity contribution is 0.321. The first-order valence-corrected chi connectivity index (χ1v) is 6.22. The van der Waals surface area contributed by atoms with Crippen molar-refractivity contribution in [1.82, 2.24) is 4.90 Å². The topological polar surface area (TPSA) is 29.3 Å². The van der Waals surface area contributed by atoms with E-state index in [4.69, 9.17) is 5.73 Å². The lowest BCUT2D eigenvalue weighted by Gasteiger charge is -2.16. The maximum Gasteiger partial charge on any atom is 0.0555 e. The number of hydrogen-bond donors (Lipinski definition) is 1. The van der Waals surface area contributed by atoms with Crippen molar-refractivity contribution in [3.05, 3.63) is 35.4 Å². The highest BCUT2D eigenvalue weighted by atomic mass is 15.1. The Morgan fingerprint density at radius 2 is 2.18 bits per heavy atom. The van der Waals surface area contributed by atoms with Crippen LogP contribution in [0.4, 0.5) is 0 Å². The Morgan fingerprint density at radius 3 is 2.88 bits per heavy atom. The molecule has 0 atom stereocenters. The molecule has 0 aliphatic carbocycles. The van der Waals surface area contributed by atoms with Crippen LogP contribution in [0.3, 0.4) is 0 Å². The van der Waals surface area contributed by atoms with Crippen LogP contribution in [0.2, 0.25) is 0 Å². The van der Waals surface area contributed by atoms with E-state index in [1.807, 2.05) is 6.07 Å². The fourth-order valence-electron chi connectivity index (χ4n) is 1.72. The van der Waals surface area contributed by atoms with E-state index in [-0.39, 0.29) is 0 Å². The minimum atomic E-state index is 0.417. The average molecular weight is 230 g/mol. The van der Waals surface area contributed by atoms with Crippen LogP contribution in [-0.4, -0.2) is 25.0 Å². The Labute approximate surface area is 105 Å². The number of nitrogens with two attached hydrogens (primary N) is 1. The van der Waals surface area contributed by atoms with Gasteiger partial charge in [-0.05, 0) is 37.7 Å². The SMILES string of the molecule is CCCCN(C)Cc1cccc(C#CCN)c1. The van der Waals surface area contributed by atoms with Gasteiger partial charge in [0, 0.05) is 12.1 Å². The van der Waals surface area contributed by atoms with Crippen LogP contribution in [-0.2, 0) is 6.54 Å². The summed E-state index contributed by atoms with van der Waals surface area (Å²) < 4.78 is 0. The first kappa shape index (κ1) is 13.8. The second-order valence-corrected chi connectivity index (χ2v) is 4.30. The van der Waals surface area contributed by atoms with Gasteiger partial charge in [-0.25, -0.2) is 0 Å². The smallest absolute Gasteiger partial charge is 0.0555 e. The first-order chi connectivity index (χ1) is 8.26. The lowest BCUT2D eigenvalue weighted by Crippen LogP contribution is -2.18. The zero-order valence-corrected chi connectivity index (χ0v) is 10.9. The largest absolute Gasteiger partial charge is 0.320 e. The Kier molecular flexibility index (Phi) is 6.39. The molecular weight excluding hydrogens is 208 g/mol. The van der Waals surface area contributed by atoms with Gasteiger partial charge in [0.05, 0.1) is 6.54 Å². The van der Waals surface area contributed by atoms with E-state index in [0.29, 0.717) is 6.54 Å². The van der Waals surface area contributed by atoms with E-state index in [1.165, 1.54) is 18.4 Å². The maximum atomic E-state index is 5.37. The monoisotopic (exact) mass is 230 g/mol. The van der Waals surface area contributed by atoms with Gasteiger partial charge >= 0.3 is 0 Å². The second kappa shape index (κ2) is 7.89. The molecule has 1 rings (SSSR count). The molecule has 0 bridgehead atoms. The molecule has 1 aromatic rings. The highest BCUT2D eigenvalue weighted by Gasteiger charge is 1.99. The minimum Gasteiger partial charge on any atom is -0.320 e. The van der Waals surface area contributed by atoms with Gasteiger partial charge in [-0.1, -0.05) is 37.3 Å². The minimum absolute atomic E-state index is 0.417. The summed E-state index contributed by atoms with van der Waals surface area (Å²) in [6.07, 6.45) is 2.50. The molecular formula is C15H22N2. The summed E-state index contributed by atoms with van der Waals surface area (Å²) >= 11 is 0. The second-order valence-electron chi connectivity index (χ2n) is 4.30. The molecule has 1 aromatic carbocycles. The van der Waals surface area contributed by atoms with Crippen molar-refractivity contribution in [2.45, 2.75) is 26.3 Å². The summed E-state index contributed by atoms with van der Waals surface area (Å²) in [7, 11) is 2.16. The molecule has 2 heteroatoms. The van der Waals surface area contributed by atoms with Gasteiger partial charge < -0.3 is 10.6 Å². The van der Waals surface area contributed by atoms with Crippen molar-refractivity contribution in [3.8, 4) is 11.8 Å². The molecule has 0 aliphatic rings. The standard InChI is InChI=1S/C15H22N2/c1-3-4-11-17(2)13-15-8-5-7-14(12-15)9-6-10-16/h5,7-8,12H,3-4,10-11,13,16H2,1-2H3. The fourth-order valence-corrected chi connectivity index (χ4v) is 1.72. The summed E-state index contributed by atoms with van der Waals surface area (Å²) in [6, 6.07) is 8.38. The van der Waals surface area contributed by atoms with Crippen LogP contribution in [0, 0.1) is 11.8 Å². The maximum absolute atomic E-state index is 5.37. The lowest BCUT2D eigenvalue weighted by atomic mass is 10.1. The Morgan fingerprint density at radius 1 is 1.35 bits per heavy atom. The van der Waals surface area contributed by atoms with E-state index in [2.05, 4.69) is 48.9 Å². The normalized spacial score (nSPS) is 10.1. The van der Waals surface area contributed by atoms with Gasteiger partial charge in [0.1, 0.15) is 0 Å². The predicted octanol–water partition coefficient (Wildman–Crippen LogP) is 2.23. The molecule has 0 saturated heterocycles. The molecule has 0 unspecified atom stereocenters. The summed E-state index contributed by atoms with van der Waals surface area (Å²) in [5, 5.41) is 0. The highest BCUT2D eigenvalue weighted by molar-refractivity contribution is 5.37. The Bertz CT molecular complexity index is 387. The average Bonchev–Trinajstić information content (AvgIpc) is 2.34. The van der Waals surface area contributed by atoms with Gasteiger partial charge in [0.25, 0.3) is 0 Å². The number of nitrogens with zero attached hydrogens (tertiary/aromatic N) is 1.